The van der Waals surface area contributed by atoms with Gasteiger partial charge in [0.2, 0.25) is 0 Å². The van der Waals surface area contributed by atoms with Crippen LogP contribution in [-0.2, 0) is 17.8 Å². The van der Waals surface area contributed by atoms with Crippen molar-refractivity contribution in [1.82, 2.24) is 5.32 Å². The number of carboxylic acid groups (broad SMARTS) is 1. The average Bonchev–Trinajstić information content (AvgIpc) is 3.02. The van der Waals surface area contributed by atoms with Crippen molar-refractivity contribution in [3.63, 3.8) is 0 Å². The molecule has 0 aliphatic carbocycles. The number of hydrogen-bond acceptors (Lipinski definition) is 4. The number of carbonyl (C=O) groups excluding carboxylic acids is 1. The second-order valence-electron chi connectivity index (χ2n) is 5.62. The summed E-state index contributed by atoms with van der Waals surface area (Å²) >= 11 is 0. The van der Waals surface area contributed by atoms with Crippen LogP contribution < -0.4 is 14.8 Å². The second kappa shape index (κ2) is 6.80. The van der Waals surface area contributed by atoms with E-state index in [9.17, 15) is 19.1 Å². The number of benzene rings is 2. The fourth-order valence-electron chi connectivity index (χ4n) is 2.70. The molecule has 1 heterocycles. The number of amides is 1. The summed E-state index contributed by atoms with van der Waals surface area (Å²) in [5, 5.41) is 11.9. The van der Waals surface area contributed by atoms with Crippen molar-refractivity contribution in [2.24, 2.45) is 0 Å². The Morgan fingerprint density at radius 1 is 1.32 bits per heavy atom. The largest absolute Gasteiger partial charge is 0.496 e. The number of fused-ring (bicyclic) bond motifs is 1. The van der Waals surface area contributed by atoms with Gasteiger partial charge in [0, 0.05) is 18.5 Å². The van der Waals surface area contributed by atoms with Gasteiger partial charge in [-0.25, -0.2) is 9.18 Å². The number of hydrogen-bond donors (Lipinski definition) is 2. The Kier molecular flexibility index (Phi) is 4.56. The summed E-state index contributed by atoms with van der Waals surface area (Å²) in [6.07, 6.45) is -0.434. The minimum atomic E-state index is -1.11. The van der Waals surface area contributed by atoms with Crippen LogP contribution in [0.2, 0.25) is 0 Å². The standard InChI is InChI=1S/C18H16FNO5/c1-24-15-4-2-10(6-13(15)18(22)23)9-20-17(21)16-8-11-7-12(19)3-5-14(11)25-16/h2-7,16H,8-9H2,1H3,(H,20,21)(H,22,23)/t16-/m0/s1. The van der Waals surface area contributed by atoms with E-state index in [1.165, 1.54) is 37.4 Å². The van der Waals surface area contributed by atoms with Gasteiger partial charge in [-0.05, 0) is 35.9 Å². The van der Waals surface area contributed by atoms with Crippen LogP contribution in [0.4, 0.5) is 4.39 Å². The van der Waals surface area contributed by atoms with Crippen molar-refractivity contribution in [3.05, 3.63) is 58.9 Å². The van der Waals surface area contributed by atoms with Crippen LogP contribution in [0.25, 0.3) is 0 Å². The Hall–Kier alpha value is -3.09. The Labute approximate surface area is 143 Å². The first kappa shape index (κ1) is 16.8. The third-order valence-corrected chi connectivity index (χ3v) is 3.95. The van der Waals surface area contributed by atoms with Gasteiger partial charge >= 0.3 is 5.97 Å². The summed E-state index contributed by atoms with van der Waals surface area (Å²) < 4.78 is 23.7. The van der Waals surface area contributed by atoms with Crippen molar-refractivity contribution < 1.29 is 28.6 Å². The van der Waals surface area contributed by atoms with E-state index >= 15 is 0 Å². The fraction of sp³-hybridized carbons (Fsp3) is 0.222. The first-order chi connectivity index (χ1) is 12.0. The monoisotopic (exact) mass is 345 g/mol. The predicted molar refractivity (Wildman–Crippen MR) is 86.3 cm³/mol. The zero-order valence-corrected chi connectivity index (χ0v) is 13.4. The van der Waals surface area contributed by atoms with Crippen molar-refractivity contribution in [2.75, 3.05) is 7.11 Å². The Balaban J connectivity index is 1.64. The van der Waals surface area contributed by atoms with Crippen LogP contribution in [0.5, 0.6) is 11.5 Å². The lowest BCUT2D eigenvalue weighted by molar-refractivity contribution is -0.127. The van der Waals surface area contributed by atoms with Crippen molar-refractivity contribution in [1.29, 1.82) is 0 Å². The van der Waals surface area contributed by atoms with E-state index in [1.807, 2.05) is 0 Å². The molecule has 25 heavy (non-hydrogen) atoms. The molecule has 0 saturated carbocycles. The van der Waals surface area contributed by atoms with Gasteiger partial charge in [0.1, 0.15) is 22.9 Å². The van der Waals surface area contributed by atoms with Crippen LogP contribution in [0.3, 0.4) is 0 Å². The number of halogens is 1. The third-order valence-electron chi connectivity index (χ3n) is 3.95. The molecule has 130 valence electrons. The van der Waals surface area contributed by atoms with Crippen LogP contribution in [-0.4, -0.2) is 30.2 Å². The zero-order valence-electron chi connectivity index (χ0n) is 13.4. The van der Waals surface area contributed by atoms with E-state index in [1.54, 1.807) is 6.07 Å². The zero-order chi connectivity index (χ0) is 18.0. The summed E-state index contributed by atoms with van der Waals surface area (Å²) in [7, 11) is 1.39. The van der Waals surface area contributed by atoms with Gasteiger partial charge in [-0.2, -0.15) is 0 Å². The molecule has 0 saturated heterocycles. The first-order valence-corrected chi connectivity index (χ1v) is 7.61. The first-order valence-electron chi connectivity index (χ1n) is 7.61. The minimum Gasteiger partial charge on any atom is -0.496 e. The molecule has 2 aromatic carbocycles. The summed E-state index contributed by atoms with van der Waals surface area (Å²) in [5.41, 5.74) is 1.29. The van der Waals surface area contributed by atoms with E-state index in [0.29, 0.717) is 23.3 Å². The number of carbonyl (C=O) groups is 2. The lowest BCUT2D eigenvalue weighted by Crippen LogP contribution is -2.37. The normalized spacial score (nSPS) is 15.2. The van der Waals surface area contributed by atoms with Crippen LogP contribution in [0.1, 0.15) is 21.5 Å². The van der Waals surface area contributed by atoms with E-state index in [-0.39, 0.29) is 29.6 Å². The van der Waals surface area contributed by atoms with Crippen molar-refractivity contribution in [3.8, 4) is 11.5 Å². The highest BCUT2D eigenvalue weighted by atomic mass is 19.1. The molecule has 0 unspecified atom stereocenters. The van der Waals surface area contributed by atoms with Gasteiger partial charge in [0.25, 0.3) is 5.91 Å². The number of rotatable bonds is 5. The number of carboxylic acids is 1. The highest BCUT2D eigenvalue weighted by Crippen LogP contribution is 2.29. The summed E-state index contributed by atoms with van der Waals surface area (Å²) in [6, 6.07) is 8.79. The topological polar surface area (TPSA) is 84.9 Å². The number of nitrogens with one attached hydrogen (secondary N) is 1. The maximum atomic E-state index is 13.2. The molecule has 2 N–H and O–H groups in total. The lowest BCUT2D eigenvalue weighted by atomic mass is 10.1. The average molecular weight is 345 g/mol. The van der Waals surface area contributed by atoms with Gasteiger partial charge in [0.05, 0.1) is 7.11 Å². The molecular formula is C18H16FNO5. The molecular weight excluding hydrogens is 329 g/mol. The summed E-state index contributed by atoms with van der Waals surface area (Å²) in [4.78, 5) is 23.5. The van der Waals surface area contributed by atoms with E-state index in [2.05, 4.69) is 5.32 Å². The molecule has 6 nitrogen and oxygen atoms in total. The summed E-state index contributed by atoms with van der Waals surface area (Å²) in [6.45, 7) is 0.147. The smallest absolute Gasteiger partial charge is 0.339 e. The van der Waals surface area contributed by atoms with Gasteiger partial charge in [-0.1, -0.05) is 6.07 Å². The number of methoxy groups -OCH3 is 1. The van der Waals surface area contributed by atoms with Crippen LogP contribution >= 0.6 is 0 Å². The molecule has 0 aromatic heterocycles. The molecule has 0 radical (unpaired) electrons. The Morgan fingerprint density at radius 3 is 2.84 bits per heavy atom. The van der Waals surface area contributed by atoms with Gasteiger partial charge < -0.3 is 19.9 Å². The second-order valence-corrected chi connectivity index (χ2v) is 5.62. The molecule has 1 aliphatic rings. The quantitative estimate of drug-likeness (QED) is 0.867. The molecule has 1 amide bonds. The van der Waals surface area contributed by atoms with E-state index < -0.39 is 12.1 Å². The Morgan fingerprint density at radius 2 is 2.12 bits per heavy atom. The maximum Gasteiger partial charge on any atom is 0.339 e. The lowest BCUT2D eigenvalue weighted by Gasteiger charge is -2.12. The Bertz CT molecular complexity index is 836. The van der Waals surface area contributed by atoms with Gasteiger partial charge in [-0.3, -0.25) is 4.79 Å². The number of ether oxygens (including phenoxy) is 2. The highest BCUT2D eigenvalue weighted by molar-refractivity contribution is 5.91. The SMILES string of the molecule is COc1ccc(CNC(=O)[C@@H]2Cc3cc(F)ccc3O2)cc1C(=O)O. The molecule has 1 aliphatic heterocycles. The van der Waals surface area contributed by atoms with Crippen molar-refractivity contribution >= 4 is 11.9 Å². The van der Waals surface area contributed by atoms with Gasteiger partial charge in [0.15, 0.2) is 6.10 Å². The molecule has 3 rings (SSSR count). The highest BCUT2D eigenvalue weighted by Gasteiger charge is 2.29. The molecule has 1 atom stereocenters. The van der Waals surface area contributed by atoms with Gasteiger partial charge in [-0.15, -0.1) is 0 Å². The van der Waals surface area contributed by atoms with E-state index in [4.69, 9.17) is 9.47 Å². The third kappa shape index (κ3) is 3.55. The van der Waals surface area contributed by atoms with E-state index in [0.717, 1.165) is 0 Å². The molecule has 0 spiro atoms. The fourth-order valence-corrected chi connectivity index (χ4v) is 2.70. The molecule has 0 bridgehead atoms. The molecule has 2 aromatic rings. The maximum absolute atomic E-state index is 13.2. The van der Waals surface area contributed by atoms with Crippen LogP contribution in [0, 0.1) is 5.82 Å². The molecule has 0 fully saturated rings. The predicted octanol–water partition coefficient (Wildman–Crippen LogP) is 2.15. The van der Waals surface area contributed by atoms with Crippen molar-refractivity contribution in [2.45, 2.75) is 19.1 Å². The number of aromatic carboxylic acids is 1. The molecule has 7 heteroatoms. The van der Waals surface area contributed by atoms with Crippen LogP contribution in [0.15, 0.2) is 36.4 Å². The minimum absolute atomic E-state index is 0.0224. The summed E-state index contributed by atoms with van der Waals surface area (Å²) in [5.74, 6) is -1.08.